The van der Waals surface area contributed by atoms with Crippen molar-refractivity contribution in [3.8, 4) is 5.75 Å². The monoisotopic (exact) mass is 777 g/mol. The normalized spacial score (nSPS) is 18.6. The van der Waals surface area contributed by atoms with Crippen molar-refractivity contribution in [1.29, 1.82) is 0 Å². The van der Waals surface area contributed by atoms with Gasteiger partial charge in [-0.25, -0.2) is 9.59 Å². The van der Waals surface area contributed by atoms with Crippen molar-refractivity contribution in [3.05, 3.63) is 70.8 Å². The Balaban J connectivity index is 1.45. The maximum absolute atomic E-state index is 13.4. The number of aliphatic carboxylic acids is 2. The highest BCUT2D eigenvalue weighted by Gasteiger charge is 2.52. The second kappa shape index (κ2) is 18.9. The van der Waals surface area contributed by atoms with Gasteiger partial charge in [-0.1, -0.05) is 18.2 Å². The molecule has 0 heterocycles. The Bertz CT molecular complexity index is 1500. The second-order valence-electron chi connectivity index (χ2n) is 11.7. The smallest absolute Gasteiger partial charge is 0.338 e. The molecule has 0 saturated heterocycles. The molecular weight excluding hydrogens is 737 g/mol. The third kappa shape index (κ3) is 11.5. The van der Waals surface area contributed by atoms with Crippen LogP contribution in [0.1, 0.15) is 65.6 Å². The van der Waals surface area contributed by atoms with Crippen LogP contribution in [0.4, 0.5) is 0 Å². The van der Waals surface area contributed by atoms with Crippen LogP contribution in [0.2, 0.25) is 0 Å². The summed E-state index contributed by atoms with van der Waals surface area (Å²) in [7, 11) is 1.32. The minimum Gasteiger partial charge on any atom is -0.494 e. The van der Waals surface area contributed by atoms with Crippen molar-refractivity contribution in [2.45, 2.75) is 51.9 Å². The van der Waals surface area contributed by atoms with Gasteiger partial charge in [0.25, 0.3) is 0 Å². The summed E-state index contributed by atoms with van der Waals surface area (Å²) in [6.07, 6.45) is 5.49. The van der Waals surface area contributed by atoms with Gasteiger partial charge in [0.05, 0.1) is 60.6 Å². The van der Waals surface area contributed by atoms with Crippen LogP contribution in [0.25, 0.3) is 6.08 Å². The van der Waals surface area contributed by atoms with E-state index in [1.165, 1.54) is 19.3 Å². The van der Waals surface area contributed by atoms with Crippen molar-refractivity contribution < 1.29 is 53.2 Å². The fourth-order valence-electron chi connectivity index (χ4n) is 5.95. The molecule has 1 aliphatic carbocycles. The Morgan fingerprint density at radius 1 is 0.917 bits per heavy atom. The summed E-state index contributed by atoms with van der Waals surface area (Å²) in [4.78, 5) is 73.4. The van der Waals surface area contributed by atoms with Crippen LogP contribution in [0, 0.1) is 30.6 Å². The van der Waals surface area contributed by atoms with E-state index in [9.17, 15) is 39.0 Å². The predicted octanol–water partition coefficient (Wildman–Crippen LogP) is 4.98. The number of esters is 2. The molecule has 3 rings (SSSR count). The zero-order valence-electron chi connectivity index (χ0n) is 26.8. The molecule has 0 aromatic heterocycles. The number of carboxylic acids is 2. The van der Waals surface area contributed by atoms with E-state index < -0.39 is 59.2 Å². The number of ether oxygens (including phenoxy) is 3. The maximum Gasteiger partial charge on any atom is 0.338 e. The first-order valence-electron chi connectivity index (χ1n) is 15.6. The van der Waals surface area contributed by atoms with Crippen LogP contribution in [-0.4, -0.2) is 66.1 Å². The molecule has 4 atom stereocenters. The average Bonchev–Trinajstić information content (AvgIpc) is 3.44. The molecule has 0 aliphatic heterocycles. The maximum atomic E-state index is 13.4. The highest BCUT2D eigenvalue weighted by atomic mass is 127. The van der Waals surface area contributed by atoms with E-state index in [0.717, 1.165) is 30.6 Å². The van der Waals surface area contributed by atoms with Crippen molar-refractivity contribution >= 4 is 64.5 Å². The summed E-state index contributed by atoms with van der Waals surface area (Å²) in [5.41, 5.74) is 2.31. The fourth-order valence-corrected chi connectivity index (χ4v) is 6.17. The summed E-state index contributed by atoms with van der Waals surface area (Å²) in [5.74, 6) is -8.34. The molecular formula is C35H40INO11. The molecule has 2 aromatic carbocycles. The fraction of sp³-hybridized carbons (Fsp3) is 0.429. The Morgan fingerprint density at radius 2 is 1.60 bits per heavy atom. The van der Waals surface area contributed by atoms with Crippen LogP contribution >= 0.6 is 22.9 Å². The first-order valence-corrected chi connectivity index (χ1v) is 16.7. The summed E-state index contributed by atoms with van der Waals surface area (Å²) in [5, 5.41) is 19.6. The Labute approximate surface area is 292 Å². The number of aryl methyl sites for hydroxylation is 1. The number of hydrogen-bond donors (Lipinski definition) is 3. The Hall–Kier alpha value is -4.27. The van der Waals surface area contributed by atoms with Crippen LogP contribution < -0.4 is 8.27 Å². The van der Waals surface area contributed by atoms with Crippen molar-refractivity contribution in [2.24, 2.45) is 23.7 Å². The molecule has 0 radical (unpaired) electrons. The lowest BCUT2D eigenvalue weighted by atomic mass is 9.82. The molecule has 1 fully saturated rings. The zero-order chi connectivity index (χ0) is 35.2. The topological polar surface area (TPSA) is 183 Å². The van der Waals surface area contributed by atoms with Crippen molar-refractivity contribution in [3.63, 3.8) is 0 Å². The zero-order valence-corrected chi connectivity index (χ0v) is 29.0. The summed E-state index contributed by atoms with van der Waals surface area (Å²) < 4.78 is 18.1. The number of rotatable bonds is 18. The first-order chi connectivity index (χ1) is 22.9. The lowest BCUT2D eigenvalue weighted by molar-refractivity contribution is -0.149. The van der Waals surface area contributed by atoms with E-state index in [2.05, 4.69) is 8.27 Å². The van der Waals surface area contributed by atoms with Crippen LogP contribution in [0.5, 0.6) is 5.75 Å². The number of hydrogen-bond acceptors (Lipinski definition) is 9. The number of carbonyl (C=O) groups excluding carboxylic acids is 4. The number of ketones is 1. The predicted molar refractivity (Wildman–Crippen MR) is 182 cm³/mol. The third-order valence-electron chi connectivity index (χ3n) is 8.25. The average molecular weight is 778 g/mol. The molecule has 1 aliphatic rings. The molecule has 48 heavy (non-hydrogen) atoms. The van der Waals surface area contributed by atoms with E-state index >= 15 is 0 Å². The van der Waals surface area contributed by atoms with Gasteiger partial charge in [0, 0.05) is 24.8 Å². The minimum absolute atomic E-state index is 0.179. The number of carbonyl (C=O) groups is 6. The number of methoxy groups -OCH3 is 1. The van der Waals surface area contributed by atoms with E-state index in [-0.39, 0.29) is 31.4 Å². The van der Waals surface area contributed by atoms with E-state index in [4.69, 9.17) is 9.47 Å². The van der Waals surface area contributed by atoms with Crippen molar-refractivity contribution in [2.75, 3.05) is 20.3 Å². The quantitative estimate of drug-likeness (QED) is 0.0610. The van der Waals surface area contributed by atoms with Gasteiger partial charge in [-0.3, -0.25) is 22.7 Å². The number of amides is 1. The number of unbranched alkanes of at least 4 members (excludes halogenated alkanes) is 3. The molecule has 258 valence electrons. The van der Waals surface area contributed by atoms with Gasteiger partial charge in [0.15, 0.2) is 0 Å². The van der Waals surface area contributed by atoms with Crippen LogP contribution in [-0.2, 0) is 39.9 Å². The second-order valence-corrected chi connectivity index (χ2v) is 12.3. The standard InChI is InChI=1S/C35H40INO11/c1-21-15-23(18-29(38)28-19-27(33(41)42)26(20-30(39)37-36)32(28)34(43)44)17-24(16-21)35(45)48-14-6-4-3-5-13-47-25-10-7-22(8-11-25)9-12-31(40)46-2/h7-12,15-17,26-28,32H,3-6,13-14,18-20H2,1-2H3,(H,37,39)(H,41,42)(H,43,44)/b12-9+. The number of carboxylic acid groups (broad SMARTS) is 2. The lowest BCUT2D eigenvalue weighted by Gasteiger charge is -2.21. The number of Topliss-reactive ketones (excluding diaryl/α,β-unsaturated/α-hetero) is 1. The highest BCUT2D eigenvalue weighted by Crippen LogP contribution is 2.45. The Kier molecular flexibility index (Phi) is 15.0. The molecule has 2 aromatic rings. The number of halogens is 1. The lowest BCUT2D eigenvalue weighted by Crippen LogP contribution is -2.34. The van der Waals surface area contributed by atoms with Gasteiger partial charge in [0.2, 0.25) is 5.91 Å². The van der Waals surface area contributed by atoms with E-state index in [1.807, 2.05) is 24.3 Å². The van der Waals surface area contributed by atoms with Gasteiger partial charge in [-0.2, -0.15) is 0 Å². The number of benzene rings is 2. The van der Waals surface area contributed by atoms with Gasteiger partial charge in [-0.05, 0) is 92.0 Å². The van der Waals surface area contributed by atoms with Crippen LogP contribution in [0.15, 0.2) is 48.5 Å². The highest BCUT2D eigenvalue weighted by molar-refractivity contribution is 14.1. The van der Waals surface area contributed by atoms with Gasteiger partial charge < -0.3 is 24.4 Å². The molecule has 4 unspecified atom stereocenters. The molecule has 3 N–H and O–H groups in total. The molecule has 13 heteroatoms. The SMILES string of the molecule is COC(=O)/C=C/c1ccc(OCCCCCCOC(=O)c2cc(C)cc(CC(=O)C3CC(C(=O)O)C(CC(=O)NI)C3C(=O)O)c2)cc1. The van der Waals surface area contributed by atoms with Crippen molar-refractivity contribution in [1.82, 2.24) is 3.53 Å². The molecule has 1 amide bonds. The first kappa shape index (κ1) is 38.2. The largest absolute Gasteiger partial charge is 0.494 e. The Morgan fingerprint density at radius 3 is 2.23 bits per heavy atom. The van der Waals surface area contributed by atoms with Crippen LogP contribution in [0.3, 0.4) is 0 Å². The summed E-state index contributed by atoms with van der Waals surface area (Å²) in [6.45, 7) is 2.51. The van der Waals surface area contributed by atoms with Gasteiger partial charge >= 0.3 is 23.9 Å². The van der Waals surface area contributed by atoms with Gasteiger partial charge in [-0.15, -0.1) is 0 Å². The van der Waals surface area contributed by atoms with Gasteiger partial charge in [0.1, 0.15) is 11.5 Å². The molecule has 0 spiro atoms. The minimum atomic E-state index is -1.32. The van der Waals surface area contributed by atoms with E-state index in [0.29, 0.717) is 24.2 Å². The molecule has 12 nitrogen and oxygen atoms in total. The summed E-state index contributed by atoms with van der Waals surface area (Å²) in [6, 6.07) is 12.2. The number of nitrogens with one attached hydrogen (secondary N) is 1. The third-order valence-corrected chi connectivity index (χ3v) is 8.85. The summed E-state index contributed by atoms with van der Waals surface area (Å²) >= 11 is 1.60. The molecule has 0 bridgehead atoms. The molecule has 1 saturated carbocycles. The van der Waals surface area contributed by atoms with E-state index in [1.54, 1.807) is 48.0 Å².